The average molecular weight is 347 g/mol. The minimum atomic E-state index is -0.717. The fraction of sp³-hybridized carbons (Fsp3) is 0.400. The Bertz CT molecular complexity index is 822. The number of nitrogens with one attached hydrogen (secondary N) is 2. The van der Waals surface area contributed by atoms with E-state index in [9.17, 15) is 14.0 Å². The summed E-state index contributed by atoms with van der Waals surface area (Å²) in [6.07, 6.45) is 1.95. The van der Waals surface area contributed by atoms with Crippen LogP contribution >= 0.6 is 0 Å². The summed E-state index contributed by atoms with van der Waals surface area (Å²) >= 11 is 0. The summed E-state index contributed by atoms with van der Waals surface area (Å²) in [6.45, 7) is 3.93. The van der Waals surface area contributed by atoms with E-state index in [-0.39, 0.29) is 35.0 Å². The molecule has 132 valence electrons. The van der Waals surface area contributed by atoms with Gasteiger partial charge in [-0.05, 0) is 20.3 Å². The second-order valence-electron chi connectivity index (χ2n) is 6.04. The molecule has 3 heterocycles. The third-order valence-corrected chi connectivity index (χ3v) is 4.20. The van der Waals surface area contributed by atoms with Crippen LogP contribution < -0.4 is 16.0 Å². The first-order chi connectivity index (χ1) is 11.9. The maximum atomic E-state index is 14.2. The molecule has 2 unspecified atom stereocenters. The van der Waals surface area contributed by atoms with E-state index < -0.39 is 17.6 Å². The fourth-order valence-electron chi connectivity index (χ4n) is 2.90. The van der Waals surface area contributed by atoms with Crippen molar-refractivity contribution in [3.05, 3.63) is 35.3 Å². The van der Waals surface area contributed by atoms with Gasteiger partial charge in [0.05, 0.1) is 5.69 Å². The number of amides is 2. The zero-order valence-corrected chi connectivity index (χ0v) is 13.8. The average Bonchev–Trinajstić information content (AvgIpc) is 3.17. The van der Waals surface area contributed by atoms with Crippen LogP contribution in [-0.4, -0.2) is 50.6 Å². The molecule has 4 N–H and O–H groups in total. The van der Waals surface area contributed by atoms with Crippen molar-refractivity contribution in [1.82, 2.24) is 25.5 Å². The molecule has 3 rings (SSSR count). The number of halogens is 1. The van der Waals surface area contributed by atoms with Crippen molar-refractivity contribution in [2.24, 2.45) is 5.73 Å². The van der Waals surface area contributed by atoms with Crippen molar-refractivity contribution in [2.75, 3.05) is 11.4 Å². The molecule has 1 saturated heterocycles. The summed E-state index contributed by atoms with van der Waals surface area (Å²) in [5.41, 5.74) is 5.52. The minimum Gasteiger partial charge on any atom is -0.364 e. The van der Waals surface area contributed by atoms with E-state index in [0.717, 1.165) is 0 Å². The van der Waals surface area contributed by atoms with Crippen LogP contribution in [0.25, 0.3) is 0 Å². The van der Waals surface area contributed by atoms with Gasteiger partial charge >= 0.3 is 0 Å². The van der Waals surface area contributed by atoms with Crippen LogP contribution in [0.4, 0.5) is 10.2 Å². The highest BCUT2D eigenvalue weighted by molar-refractivity contribution is 5.97. The maximum absolute atomic E-state index is 14.2. The molecule has 0 bridgehead atoms. The standard InChI is InChI=1S/C15H18FN7O2/c1-7-3-9(5-23(7)14-12(16)8(2)18-6-19-14)20-15(25)11-4-10(13(17)24)21-22-11/h4,6-7,9H,3,5H2,1-2H3,(H2,17,24)(H,20,25)(H,21,22). The first-order valence-electron chi connectivity index (χ1n) is 7.76. The van der Waals surface area contributed by atoms with Gasteiger partial charge in [-0.15, -0.1) is 0 Å². The van der Waals surface area contributed by atoms with Crippen LogP contribution in [0.15, 0.2) is 12.4 Å². The smallest absolute Gasteiger partial charge is 0.269 e. The molecule has 1 aliphatic rings. The number of primary amides is 1. The van der Waals surface area contributed by atoms with Crippen LogP contribution in [0.3, 0.4) is 0 Å². The number of anilines is 1. The number of hydrogen-bond acceptors (Lipinski definition) is 6. The Morgan fingerprint density at radius 2 is 2.20 bits per heavy atom. The lowest BCUT2D eigenvalue weighted by Crippen LogP contribution is -2.37. The number of hydrogen-bond donors (Lipinski definition) is 3. The van der Waals surface area contributed by atoms with Crippen molar-refractivity contribution in [3.8, 4) is 0 Å². The van der Waals surface area contributed by atoms with Crippen LogP contribution in [0.1, 0.15) is 40.0 Å². The van der Waals surface area contributed by atoms with Crippen molar-refractivity contribution in [1.29, 1.82) is 0 Å². The van der Waals surface area contributed by atoms with E-state index in [0.29, 0.717) is 13.0 Å². The molecule has 0 aromatic carbocycles. The summed E-state index contributed by atoms with van der Waals surface area (Å²) in [5.74, 6) is -1.35. The molecule has 9 nitrogen and oxygen atoms in total. The molecule has 1 fully saturated rings. The number of carbonyl (C=O) groups excluding carboxylic acids is 2. The third kappa shape index (κ3) is 3.28. The van der Waals surface area contributed by atoms with Gasteiger partial charge in [-0.25, -0.2) is 14.4 Å². The molecule has 2 atom stereocenters. The highest BCUT2D eigenvalue weighted by atomic mass is 19.1. The summed E-state index contributed by atoms with van der Waals surface area (Å²) in [5, 5.41) is 8.99. The number of nitrogens with zero attached hydrogens (tertiary/aromatic N) is 4. The van der Waals surface area contributed by atoms with Crippen LogP contribution in [-0.2, 0) is 0 Å². The topological polar surface area (TPSA) is 130 Å². The maximum Gasteiger partial charge on any atom is 0.269 e. The lowest BCUT2D eigenvalue weighted by Gasteiger charge is -2.23. The predicted octanol–water partition coefficient (Wildman–Crippen LogP) is 0.143. The van der Waals surface area contributed by atoms with E-state index in [2.05, 4.69) is 25.5 Å². The number of aryl methyl sites for hydroxylation is 1. The Balaban J connectivity index is 1.70. The highest BCUT2D eigenvalue weighted by Crippen LogP contribution is 2.26. The molecule has 2 aromatic rings. The van der Waals surface area contributed by atoms with Crippen molar-refractivity contribution < 1.29 is 14.0 Å². The summed E-state index contributed by atoms with van der Waals surface area (Å²) in [6, 6.07) is 1.09. The first kappa shape index (κ1) is 16.8. The highest BCUT2D eigenvalue weighted by Gasteiger charge is 2.33. The van der Waals surface area contributed by atoms with Gasteiger partial charge in [0, 0.05) is 24.7 Å². The summed E-state index contributed by atoms with van der Waals surface area (Å²) in [7, 11) is 0. The Labute approximate surface area is 142 Å². The zero-order chi connectivity index (χ0) is 18.1. The molecule has 0 aliphatic carbocycles. The Morgan fingerprint density at radius 1 is 1.44 bits per heavy atom. The first-order valence-corrected chi connectivity index (χ1v) is 7.76. The molecule has 25 heavy (non-hydrogen) atoms. The minimum absolute atomic E-state index is 0.00273. The molecule has 2 amide bonds. The van der Waals surface area contributed by atoms with Crippen LogP contribution in [0.2, 0.25) is 0 Å². The van der Waals surface area contributed by atoms with Gasteiger partial charge in [-0.3, -0.25) is 14.7 Å². The number of carbonyl (C=O) groups is 2. The van der Waals surface area contributed by atoms with Crippen LogP contribution in [0, 0.1) is 12.7 Å². The largest absolute Gasteiger partial charge is 0.364 e. The normalized spacial score (nSPS) is 19.9. The molecule has 0 spiro atoms. The van der Waals surface area contributed by atoms with Gasteiger partial charge in [-0.2, -0.15) is 5.10 Å². The lowest BCUT2D eigenvalue weighted by molar-refractivity contribution is 0.0934. The van der Waals surface area contributed by atoms with Gasteiger partial charge in [0.15, 0.2) is 17.3 Å². The lowest BCUT2D eigenvalue weighted by atomic mass is 10.2. The molecular formula is C15H18FN7O2. The number of aromatic amines is 1. The predicted molar refractivity (Wildman–Crippen MR) is 86.5 cm³/mol. The molecule has 10 heteroatoms. The molecular weight excluding hydrogens is 329 g/mol. The summed E-state index contributed by atoms with van der Waals surface area (Å²) < 4.78 is 14.2. The van der Waals surface area contributed by atoms with Crippen molar-refractivity contribution in [3.63, 3.8) is 0 Å². The van der Waals surface area contributed by atoms with Gasteiger partial charge < -0.3 is 16.0 Å². The Hall–Kier alpha value is -3.04. The van der Waals surface area contributed by atoms with E-state index in [1.165, 1.54) is 12.4 Å². The Morgan fingerprint density at radius 3 is 2.88 bits per heavy atom. The Kier molecular flexibility index (Phi) is 4.34. The van der Waals surface area contributed by atoms with Gasteiger partial charge in [0.1, 0.15) is 12.0 Å². The van der Waals surface area contributed by atoms with E-state index in [1.54, 1.807) is 11.8 Å². The number of aromatic nitrogens is 4. The van der Waals surface area contributed by atoms with E-state index >= 15 is 0 Å². The monoisotopic (exact) mass is 347 g/mol. The van der Waals surface area contributed by atoms with E-state index in [4.69, 9.17) is 5.73 Å². The fourth-order valence-corrected chi connectivity index (χ4v) is 2.90. The van der Waals surface area contributed by atoms with Crippen molar-refractivity contribution in [2.45, 2.75) is 32.4 Å². The second kappa shape index (κ2) is 6.46. The number of rotatable bonds is 4. The third-order valence-electron chi connectivity index (χ3n) is 4.20. The SMILES string of the molecule is Cc1ncnc(N2CC(NC(=O)c3cc(C(N)=O)n[nH]3)CC2C)c1F. The van der Waals surface area contributed by atoms with E-state index in [1.807, 2.05) is 6.92 Å². The van der Waals surface area contributed by atoms with Gasteiger partial charge in [-0.1, -0.05) is 0 Å². The number of H-pyrrole nitrogens is 1. The molecule has 1 aliphatic heterocycles. The molecule has 2 aromatic heterocycles. The zero-order valence-electron chi connectivity index (χ0n) is 13.8. The van der Waals surface area contributed by atoms with Crippen LogP contribution in [0.5, 0.6) is 0 Å². The molecule has 0 radical (unpaired) electrons. The van der Waals surface area contributed by atoms with Crippen molar-refractivity contribution >= 4 is 17.6 Å². The summed E-state index contributed by atoms with van der Waals surface area (Å²) in [4.78, 5) is 32.9. The van der Waals surface area contributed by atoms with Gasteiger partial charge in [0.2, 0.25) is 0 Å². The quantitative estimate of drug-likeness (QED) is 0.721. The van der Waals surface area contributed by atoms with Gasteiger partial charge in [0.25, 0.3) is 11.8 Å². The number of nitrogens with two attached hydrogens (primary N) is 1. The molecule has 0 saturated carbocycles. The second-order valence-corrected chi connectivity index (χ2v) is 6.04.